The minimum atomic E-state index is 0.425. The van der Waals surface area contributed by atoms with Crippen molar-refractivity contribution in [1.29, 1.82) is 5.26 Å². The molecule has 1 atom stereocenters. The molecule has 1 N–H and O–H groups in total. The second-order valence-corrected chi connectivity index (χ2v) is 5.25. The molecule has 1 aliphatic heterocycles. The molecule has 0 aromatic carbocycles. The molecule has 1 aromatic heterocycles. The van der Waals surface area contributed by atoms with E-state index in [9.17, 15) is 0 Å². The van der Waals surface area contributed by atoms with Crippen LogP contribution in [0.3, 0.4) is 0 Å². The molecule has 0 aliphatic carbocycles. The van der Waals surface area contributed by atoms with E-state index in [0.717, 1.165) is 12.2 Å². The Morgan fingerprint density at radius 1 is 1.62 bits per heavy atom. The van der Waals surface area contributed by atoms with Gasteiger partial charge in [0, 0.05) is 17.5 Å². The van der Waals surface area contributed by atoms with Gasteiger partial charge in [0.1, 0.15) is 11.8 Å². The van der Waals surface area contributed by atoms with E-state index in [2.05, 4.69) is 15.3 Å². The lowest BCUT2D eigenvalue weighted by Crippen LogP contribution is -2.15. The van der Waals surface area contributed by atoms with E-state index in [4.69, 9.17) is 5.26 Å². The Morgan fingerprint density at radius 3 is 3.19 bits per heavy atom. The fourth-order valence-electron chi connectivity index (χ4n) is 1.72. The lowest BCUT2D eigenvalue weighted by atomic mass is 10.2. The molecule has 0 radical (unpaired) electrons. The van der Waals surface area contributed by atoms with Gasteiger partial charge in [-0.2, -0.15) is 17.0 Å². The zero-order valence-electron chi connectivity index (χ0n) is 9.23. The number of hydrogen-bond acceptors (Lipinski definition) is 5. The van der Waals surface area contributed by atoms with Crippen molar-refractivity contribution >= 4 is 17.7 Å². The molecule has 2 heterocycles. The van der Waals surface area contributed by atoms with Crippen LogP contribution in [0, 0.1) is 18.3 Å². The molecule has 0 saturated carbocycles. The first-order valence-corrected chi connectivity index (χ1v) is 6.44. The predicted molar refractivity (Wildman–Crippen MR) is 65.5 cm³/mol. The topological polar surface area (TPSA) is 61.6 Å². The third kappa shape index (κ3) is 2.86. The van der Waals surface area contributed by atoms with Crippen LogP contribution in [0.1, 0.15) is 24.2 Å². The van der Waals surface area contributed by atoms with E-state index in [1.54, 1.807) is 6.07 Å². The molecule has 1 aliphatic rings. The first kappa shape index (κ1) is 11.2. The SMILES string of the molecule is Cc1cc(C#N)nc(NCC2CCCS2)n1. The van der Waals surface area contributed by atoms with Crippen LogP contribution in [-0.4, -0.2) is 27.5 Å². The van der Waals surface area contributed by atoms with Crippen molar-refractivity contribution < 1.29 is 0 Å². The zero-order valence-corrected chi connectivity index (χ0v) is 10.0. The molecule has 0 amide bonds. The number of nitrogens with zero attached hydrogens (tertiary/aromatic N) is 3. The van der Waals surface area contributed by atoms with Gasteiger partial charge in [-0.25, -0.2) is 9.97 Å². The van der Waals surface area contributed by atoms with Crippen LogP contribution < -0.4 is 5.32 Å². The van der Waals surface area contributed by atoms with Crippen LogP contribution in [0.4, 0.5) is 5.95 Å². The predicted octanol–water partition coefficient (Wildman–Crippen LogP) is 1.96. The molecule has 4 nitrogen and oxygen atoms in total. The van der Waals surface area contributed by atoms with Crippen molar-refractivity contribution in [2.45, 2.75) is 25.0 Å². The van der Waals surface area contributed by atoms with Gasteiger partial charge in [-0.3, -0.25) is 0 Å². The largest absolute Gasteiger partial charge is 0.353 e. The van der Waals surface area contributed by atoms with Gasteiger partial charge in [-0.05, 0) is 31.6 Å². The number of hydrogen-bond donors (Lipinski definition) is 1. The highest BCUT2D eigenvalue weighted by atomic mass is 32.2. The van der Waals surface area contributed by atoms with Crippen molar-refractivity contribution in [3.63, 3.8) is 0 Å². The smallest absolute Gasteiger partial charge is 0.224 e. The van der Waals surface area contributed by atoms with E-state index in [0.29, 0.717) is 16.9 Å². The summed E-state index contributed by atoms with van der Waals surface area (Å²) in [4.78, 5) is 8.38. The number of rotatable bonds is 3. The lowest BCUT2D eigenvalue weighted by molar-refractivity contribution is 0.799. The summed E-state index contributed by atoms with van der Waals surface area (Å²) in [7, 11) is 0. The summed E-state index contributed by atoms with van der Waals surface area (Å²) in [6.45, 7) is 2.76. The van der Waals surface area contributed by atoms with Crippen molar-refractivity contribution in [2.24, 2.45) is 0 Å². The van der Waals surface area contributed by atoms with E-state index in [1.807, 2.05) is 24.8 Å². The number of thioether (sulfide) groups is 1. The van der Waals surface area contributed by atoms with E-state index in [1.165, 1.54) is 18.6 Å². The van der Waals surface area contributed by atoms with Gasteiger partial charge < -0.3 is 5.32 Å². The lowest BCUT2D eigenvalue weighted by Gasteiger charge is -2.10. The van der Waals surface area contributed by atoms with Crippen LogP contribution >= 0.6 is 11.8 Å². The standard InChI is InChI=1S/C11H14N4S/c1-8-5-9(6-12)15-11(14-8)13-7-10-3-2-4-16-10/h5,10H,2-4,7H2,1H3,(H,13,14,15). The molecule has 84 valence electrons. The summed E-state index contributed by atoms with van der Waals surface area (Å²) in [6.07, 6.45) is 2.56. The fraction of sp³-hybridized carbons (Fsp3) is 0.545. The first-order chi connectivity index (χ1) is 7.78. The van der Waals surface area contributed by atoms with Gasteiger partial charge in [-0.1, -0.05) is 0 Å². The maximum Gasteiger partial charge on any atom is 0.224 e. The molecule has 1 fully saturated rings. The third-order valence-electron chi connectivity index (χ3n) is 2.48. The fourth-order valence-corrected chi connectivity index (χ4v) is 2.92. The van der Waals surface area contributed by atoms with Gasteiger partial charge in [0.15, 0.2) is 0 Å². The van der Waals surface area contributed by atoms with E-state index >= 15 is 0 Å². The minimum Gasteiger partial charge on any atom is -0.353 e. The maximum atomic E-state index is 8.79. The number of aryl methyl sites for hydroxylation is 1. The molecule has 1 aromatic rings. The van der Waals surface area contributed by atoms with Crippen molar-refractivity contribution in [1.82, 2.24) is 9.97 Å². The molecule has 0 spiro atoms. The first-order valence-electron chi connectivity index (χ1n) is 5.39. The Bertz CT molecular complexity index is 407. The quantitative estimate of drug-likeness (QED) is 0.866. The monoisotopic (exact) mass is 234 g/mol. The maximum absolute atomic E-state index is 8.79. The third-order valence-corrected chi connectivity index (χ3v) is 3.88. The Morgan fingerprint density at radius 2 is 2.50 bits per heavy atom. The van der Waals surface area contributed by atoms with Gasteiger partial charge in [0.05, 0.1) is 0 Å². The van der Waals surface area contributed by atoms with Gasteiger partial charge >= 0.3 is 0 Å². The van der Waals surface area contributed by atoms with Crippen LogP contribution in [0.5, 0.6) is 0 Å². The van der Waals surface area contributed by atoms with Crippen LogP contribution in [-0.2, 0) is 0 Å². The molecule has 2 rings (SSSR count). The normalized spacial score (nSPS) is 19.4. The Balaban J connectivity index is 1.98. The summed E-state index contributed by atoms with van der Waals surface area (Å²) in [5.41, 5.74) is 1.25. The Labute approximate surface area is 99.5 Å². The van der Waals surface area contributed by atoms with Crippen molar-refractivity contribution in [3.8, 4) is 6.07 Å². The average molecular weight is 234 g/mol. The number of anilines is 1. The second kappa shape index (κ2) is 5.17. The zero-order chi connectivity index (χ0) is 11.4. The van der Waals surface area contributed by atoms with Gasteiger partial charge in [-0.15, -0.1) is 0 Å². The summed E-state index contributed by atoms with van der Waals surface area (Å²) < 4.78 is 0. The second-order valence-electron chi connectivity index (χ2n) is 3.85. The highest BCUT2D eigenvalue weighted by molar-refractivity contribution is 8.00. The van der Waals surface area contributed by atoms with Crippen LogP contribution in [0.25, 0.3) is 0 Å². The average Bonchev–Trinajstić information content (AvgIpc) is 2.78. The van der Waals surface area contributed by atoms with Crippen LogP contribution in [0.2, 0.25) is 0 Å². The minimum absolute atomic E-state index is 0.425. The Kier molecular flexibility index (Phi) is 3.62. The molecular formula is C11H14N4S. The van der Waals surface area contributed by atoms with Crippen LogP contribution in [0.15, 0.2) is 6.07 Å². The van der Waals surface area contributed by atoms with Gasteiger partial charge in [0.25, 0.3) is 0 Å². The molecular weight excluding hydrogens is 220 g/mol. The number of nitrogens with one attached hydrogen (secondary N) is 1. The van der Waals surface area contributed by atoms with Gasteiger partial charge in [0.2, 0.25) is 5.95 Å². The van der Waals surface area contributed by atoms with E-state index < -0.39 is 0 Å². The summed E-state index contributed by atoms with van der Waals surface area (Å²) in [6, 6.07) is 3.73. The summed E-state index contributed by atoms with van der Waals surface area (Å²) in [5, 5.41) is 12.7. The highest BCUT2D eigenvalue weighted by Gasteiger charge is 2.15. The molecule has 16 heavy (non-hydrogen) atoms. The number of aromatic nitrogens is 2. The number of nitriles is 1. The van der Waals surface area contributed by atoms with E-state index in [-0.39, 0.29) is 0 Å². The summed E-state index contributed by atoms with van der Waals surface area (Å²) in [5.74, 6) is 1.83. The van der Waals surface area contributed by atoms with Crippen molar-refractivity contribution in [2.75, 3.05) is 17.6 Å². The summed E-state index contributed by atoms with van der Waals surface area (Å²) >= 11 is 1.99. The highest BCUT2D eigenvalue weighted by Crippen LogP contribution is 2.25. The molecule has 5 heteroatoms. The molecule has 1 saturated heterocycles. The molecule has 0 bridgehead atoms. The molecule has 1 unspecified atom stereocenters. The van der Waals surface area contributed by atoms with Crippen molar-refractivity contribution in [3.05, 3.63) is 17.5 Å². The Hall–Kier alpha value is -1.28.